The fourth-order valence-electron chi connectivity index (χ4n) is 1.90. The highest BCUT2D eigenvalue weighted by molar-refractivity contribution is 6.18. The monoisotopic (exact) mass is 375 g/mol. The molecule has 0 fully saturated rings. The van der Waals surface area contributed by atoms with Crippen LogP contribution in [0.5, 0.6) is 17.2 Å². The molecule has 0 aliphatic rings. The lowest BCUT2D eigenvalue weighted by atomic mass is 10.2. The minimum absolute atomic E-state index is 0.00591. The van der Waals surface area contributed by atoms with Gasteiger partial charge in [-0.05, 0) is 12.1 Å². The van der Waals surface area contributed by atoms with E-state index in [1.807, 2.05) is 6.07 Å². The summed E-state index contributed by atoms with van der Waals surface area (Å²) >= 11 is 5.52. The number of nitrogens with one attached hydrogen (secondary N) is 1. The van der Waals surface area contributed by atoms with Gasteiger partial charge in [0.1, 0.15) is 17.2 Å². The molecule has 0 saturated carbocycles. The standard InChI is InChI=1S/C17H17ClF3NO3/c18-9-13(23)10-22-12-6-15(24-11-17(19,20)21)8-16(7-12)25-14-4-2-1-3-5-14/h1-8,13,22-23H,9-11H2. The smallest absolute Gasteiger partial charge is 0.422 e. The first-order valence-corrected chi connectivity index (χ1v) is 7.94. The van der Waals surface area contributed by atoms with Crippen LogP contribution in [-0.2, 0) is 0 Å². The maximum absolute atomic E-state index is 12.4. The summed E-state index contributed by atoms with van der Waals surface area (Å²) in [4.78, 5) is 0. The Morgan fingerprint density at radius 3 is 2.36 bits per heavy atom. The average molecular weight is 376 g/mol. The molecule has 0 bridgehead atoms. The van der Waals surface area contributed by atoms with Gasteiger partial charge in [-0.15, -0.1) is 11.6 Å². The third-order valence-corrected chi connectivity index (χ3v) is 3.34. The second-order valence-corrected chi connectivity index (χ2v) is 5.51. The van der Waals surface area contributed by atoms with Gasteiger partial charge in [0.15, 0.2) is 6.61 Å². The van der Waals surface area contributed by atoms with E-state index < -0.39 is 18.9 Å². The number of benzene rings is 2. The molecule has 4 nitrogen and oxygen atoms in total. The molecule has 0 amide bonds. The van der Waals surface area contributed by atoms with Crippen LogP contribution in [0.1, 0.15) is 0 Å². The van der Waals surface area contributed by atoms with Crippen LogP contribution in [0, 0.1) is 0 Å². The van der Waals surface area contributed by atoms with Gasteiger partial charge < -0.3 is 19.9 Å². The molecule has 1 atom stereocenters. The molecule has 0 aliphatic heterocycles. The van der Waals surface area contributed by atoms with Crippen LogP contribution in [-0.4, -0.2) is 36.4 Å². The summed E-state index contributed by atoms with van der Waals surface area (Å²) in [6.45, 7) is -1.28. The van der Waals surface area contributed by atoms with E-state index in [0.29, 0.717) is 17.2 Å². The van der Waals surface area contributed by atoms with Crippen LogP contribution in [0.4, 0.5) is 18.9 Å². The molecule has 2 rings (SSSR count). The summed E-state index contributed by atoms with van der Waals surface area (Å²) in [7, 11) is 0. The van der Waals surface area contributed by atoms with E-state index >= 15 is 0 Å². The molecule has 2 aromatic rings. The Labute approximate surface area is 148 Å². The molecule has 0 aliphatic carbocycles. The summed E-state index contributed by atoms with van der Waals surface area (Å²) in [6, 6.07) is 13.1. The van der Waals surface area contributed by atoms with E-state index in [9.17, 15) is 18.3 Å². The fraction of sp³-hybridized carbons (Fsp3) is 0.294. The highest BCUT2D eigenvalue weighted by Crippen LogP contribution is 2.30. The lowest BCUT2D eigenvalue weighted by Gasteiger charge is -2.15. The summed E-state index contributed by atoms with van der Waals surface area (Å²) in [5.74, 6) is 0.856. The topological polar surface area (TPSA) is 50.7 Å². The molecule has 0 radical (unpaired) electrons. The van der Waals surface area contributed by atoms with Crippen LogP contribution in [0.25, 0.3) is 0 Å². The molecule has 136 valence electrons. The number of rotatable bonds is 8. The van der Waals surface area contributed by atoms with Gasteiger partial charge in [-0.2, -0.15) is 13.2 Å². The SMILES string of the molecule is OC(CCl)CNc1cc(OCC(F)(F)F)cc(Oc2ccccc2)c1. The summed E-state index contributed by atoms with van der Waals surface area (Å²) in [5, 5.41) is 12.4. The Kier molecular flexibility index (Phi) is 6.78. The molecule has 8 heteroatoms. The molecular weight excluding hydrogens is 359 g/mol. The van der Waals surface area contributed by atoms with Gasteiger partial charge in [0.2, 0.25) is 0 Å². The Bertz CT molecular complexity index is 668. The van der Waals surface area contributed by atoms with E-state index in [1.54, 1.807) is 30.3 Å². The lowest BCUT2D eigenvalue weighted by Crippen LogP contribution is -2.21. The first-order valence-electron chi connectivity index (χ1n) is 7.41. The van der Waals surface area contributed by atoms with E-state index in [1.165, 1.54) is 12.1 Å². The molecule has 0 aromatic heterocycles. The Hall–Kier alpha value is -2.12. The molecule has 1 unspecified atom stereocenters. The van der Waals surface area contributed by atoms with E-state index in [0.717, 1.165) is 0 Å². The number of aliphatic hydroxyl groups excluding tert-OH is 1. The number of anilines is 1. The highest BCUT2D eigenvalue weighted by atomic mass is 35.5. The number of hydrogen-bond donors (Lipinski definition) is 2. The van der Waals surface area contributed by atoms with Crippen molar-refractivity contribution in [3.63, 3.8) is 0 Å². The minimum atomic E-state index is -4.45. The second kappa shape index (κ2) is 8.82. The molecule has 0 spiro atoms. The molecule has 2 aromatic carbocycles. The number of hydrogen-bond acceptors (Lipinski definition) is 4. The van der Waals surface area contributed by atoms with Crippen molar-refractivity contribution in [3.8, 4) is 17.2 Å². The van der Waals surface area contributed by atoms with Crippen molar-refractivity contribution in [1.82, 2.24) is 0 Å². The Balaban J connectivity index is 2.17. The molecule has 2 N–H and O–H groups in total. The van der Waals surface area contributed by atoms with Gasteiger partial charge >= 0.3 is 6.18 Å². The second-order valence-electron chi connectivity index (χ2n) is 5.20. The van der Waals surface area contributed by atoms with Gasteiger partial charge in [-0.1, -0.05) is 18.2 Å². The quantitative estimate of drug-likeness (QED) is 0.670. The molecule has 25 heavy (non-hydrogen) atoms. The largest absolute Gasteiger partial charge is 0.484 e. The van der Waals surface area contributed by atoms with E-state index in [4.69, 9.17) is 21.1 Å². The molecule has 0 heterocycles. The van der Waals surface area contributed by atoms with Gasteiger partial charge in [-0.3, -0.25) is 0 Å². The van der Waals surface area contributed by atoms with Crippen molar-refractivity contribution in [2.75, 3.05) is 24.3 Å². The maximum Gasteiger partial charge on any atom is 0.422 e. The van der Waals surface area contributed by atoms with Gasteiger partial charge in [0.05, 0.1) is 12.0 Å². The van der Waals surface area contributed by atoms with Crippen LogP contribution in [0.3, 0.4) is 0 Å². The molecule has 0 saturated heterocycles. The van der Waals surface area contributed by atoms with Gasteiger partial charge in [0, 0.05) is 30.4 Å². The predicted molar refractivity (Wildman–Crippen MR) is 89.7 cm³/mol. The summed E-state index contributed by atoms with van der Waals surface area (Å²) < 4.78 is 47.5. The average Bonchev–Trinajstić information content (AvgIpc) is 2.58. The van der Waals surface area contributed by atoms with E-state index in [2.05, 4.69) is 5.32 Å². The normalized spacial score (nSPS) is 12.5. The van der Waals surface area contributed by atoms with Crippen LogP contribution in [0.2, 0.25) is 0 Å². The van der Waals surface area contributed by atoms with Crippen molar-refractivity contribution in [2.24, 2.45) is 0 Å². The zero-order valence-corrected chi connectivity index (χ0v) is 13.8. The predicted octanol–water partition coefficient (Wildman–Crippen LogP) is 4.43. The highest BCUT2D eigenvalue weighted by Gasteiger charge is 2.28. The number of ether oxygens (including phenoxy) is 2. The number of halogens is 4. The molecular formula is C17H17ClF3NO3. The zero-order valence-electron chi connectivity index (χ0n) is 13.1. The van der Waals surface area contributed by atoms with E-state index in [-0.39, 0.29) is 18.2 Å². The first-order chi connectivity index (χ1) is 11.9. The maximum atomic E-state index is 12.4. The van der Waals surface area contributed by atoms with Gasteiger partial charge in [0.25, 0.3) is 0 Å². The van der Waals surface area contributed by atoms with Crippen molar-refractivity contribution >= 4 is 17.3 Å². The first kappa shape index (κ1) is 19.2. The minimum Gasteiger partial charge on any atom is -0.484 e. The van der Waals surface area contributed by atoms with Crippen LogP contribution in [0.15, 0.2) is 48.5 Å². The number of para-hydroxylation sites is 1. The van der Waals surface area contributed by atoms with Crippen LogP contribution >= 0.6 is 11.6 Å². The third-order valence-electron chi connectivity index (χ3n) is 2.98. The van der Waals surface area contributed by atoms with Crippen molar-refractivity contribution in [3.05, 3.63) is 48.5 Å². The summed E-state index contributed by atoms with van der Waals surface area (Å²) in [6.07, 6.45) is -5.24. The van der Waals surface area contributed by atoms with Crippen LogP contribution < -0.4 is 14.8 Å². The third kappa shape index (κ3) is 7.11. The Morgan fingerprint density at radius 2 is 1.72 bits per heavy atom. The Morgan fingerprint density at radius 1 is 1.04 bits per heavy atom. The summed E-state index contributed by atoms with van der Waals surface area (Å²) in [5.41, 5.74) is 0.440. The van der Waals surface area contributed by atoms with Crippen molar-refractivity contribution in [1.29, 1.82) is 0 Å². The fourth-order valence-corrected chi connectivity index (χ4v) is 2.01. The van der Waals surface area contributed by atoms with Crippen molar-refractivity contribution < 1.29 is 27.8 Å². The van der Waals surface area contributed by atoms with Gasteiger partial charge in [-0.25, -0.2) is 0 Å². The zero-order chi connectivity index (χ0) is 18.3. The number of aliphatic hydroxyl groups is 1. The number of alkyl halides is 4. The lowest BCUT2D eigenvalue weighted by molar-refractivity contribution is -0.153. The van der Waals surface area contributed by atoms with Crippen molar-refractivity contribution in [2.45, 2.75) is 12.3 Å².